The highest BCUT2D eigenvalue weighted by Crippen LogP contribution is 2.54. The van der Waals surface area contributed by atoms with E-state index in [1.54, 1.807) is 6.21 Å². The fourth-order valence-corrected chi connectivity index (χ4v) is 7.69. The third kappa shape index (κ3) is 5.27. The summed E-state index contributed by atoms with van der Waals surface area (Å²) in [4.78, 5) is 11.2. The molecule has 0 aliphatic carbocycles. The van der Waals surface area contributed by atoms with Gasteiger partial charge in [-0.15, -0.1) is 0 Å². The zero-order valence-corrected chi connectivity index (χ0v) is 26.6. The molecule has 0 radical (unpaired) electrons. The Morgan fingerprint density at radius 2 is 1.24 bits per heavy atom. The van der Waals surface area contributed by atoms with E-state index in [-0.39, 0.29) is 12.3 Å². The van der Waals surface area contributed by atoms with Crippen molar-refractivity contribution in [2.24, 2.45) is 4.99 Å². The minimum absolute atomic E-state index is 0.0616. The second-order valence-corrected chi connectivity index (χ2v) is 13.1. The zero-order chi connectivity index (χ0) is 31.7. The third-order valence-electron chi connectivity index (χ3n) is 8.24. The molecule has 0 fully saturated rings. The number of hydrogen-bond acceptors (Lipinski definition) is 9. The van der Waals surface area contributed by atoms with E-state index < -0.39 is 22.0 Å². The number of hydrogen-bond donors (Lipinski definition) is 0. The van der Waals surface area contributed by atoms with Gasteiger partial charge in [0.15, 0.2) is 29.2 Å². The molecule has 2 unspecified atom stereocenters. The molecule has 10 heteroatoms. The van der Waals surface area contributed by atoms with Crippen molar-refractivity contribution >= 4 is 39.1 Å². The van der Waals surface area contributed by atoms with Gasteiger partial charge in [0.05, 0.1) is 35.0 Å². The van der Waals surface area contributed by atoms with Crippen molar-refractivity contribution in [3.63, 3.8) is 0 Å². The zero-order valence-electron chi connectivity index (χ0n) is 25.8. The summed E-state index contributed by atoms with van der Waals surface area (Å²) < 4.78 is 47.8. The van der Waals surface area contributed by atoms with Crippen LogP contribution >= 0.6 is 0 Å². The Morgan fingerprint density at radius 1 is 0.739 bits per heavy atom. The van der Waals surface area contributed by atoms with E-state index >= 15 is 0 Å². The first kappa shape index (κ1) is 29.9. The lowest BCUT2D eigenvalue weighted by Gasteiger charge is -2.53. The molecule has 4 aromatic rings. The molecular formula is C36H36N4O5S. The first-order valence-corrected chi connectivity index (χ1v) is 17.2. The summed E-state index contributed by atoms with van der Waals surface area (Å²) in [5.41, 5.74) is 1.26. The van der Waals surface area contributed by atoms with Crippen LogP contribution in [0.15, 0.2) is 114 Å². The SMILES string of the molecule is CCCN1C=CC=NC1C(CN1c2ccccc2Oc2ccccc21)(OS(=O)(=O)CCC)N1c2ccccc2Oc2ccccc21. The molecule has 0 saturated heterocycles. The van der Waals surface area contributed by atoms with Gasteiger partial charge in [0.25, 0.3) is 10.1 Å². The summed E-state index contributed by atoms with van der Waals surface area (Å²) in [7, 11) is -4.10. The number of fused-ring (bicyclic) bond motifs is 4. The molecule has 9 nitrogen and oxygen atoms in total. The number of nitrogens with zero attached hydrogens (tertiary/aromatic N) is 4. The van der Waals surface area contributed by atoms with Crippen molar-refractivity contribution in [1.82, 2.24) is 4.90 Å². The standard InChI is InChI=1S/C36H36N4O5S/c1-3-23-38-24-13-22-37-35(38)36(45-46(41,42)25-4-2,40-29-16-7-11-20-33(29)44-34-21-12-8-17-30(34)40)26-39-27-14-5-9-18-31(27)43-32-19-10-6-15-28(32)39/h5-22,24,35H,3-4,23,25-26H2,1-2H3. The predicted octanol–water partition coefficient (Wildman–Crippen LogP) is 7.96. The third-order valence-corrected chi connectivity index (χ3v) is 9.69. The molecule has 0 N–H and O–H groups in total. The number of aliphatic imine (C=N–C) groups is 1. The van der Waals surface area contributed by atoms with Gasteiger partial charge < -0.3 is 19.3 Å². The molecule has 4 aromatic carbocycles. The van der Waals surface area contributed by atoms with E-state index in [1.807, 2.05) is 121 Å². The number of allylic oxidation sites excluding steroid dienone is 1. The van der Waals surface area contributed by atoms with Crippen molar-refractivity contribution < 1.29 is 22.1 Å². The van der Waals surface area contributed by atoms with Gasteiger partial charge >= 0.3 is 0 Å². The summed E-state index contributed by atoms with van der Waals surface area (Å²) in [5.74, 6) is 2.33. The monoisotopic (exact) mass is 636 g/mol. The fourth-order valence-electron chi connectivity index (χ4n) is 6.45. The van der Waals surface area contributed by atoms with Crippen LogP contribution in [0.3, 0.4) is 0 Å². The second-order valence-electron chi connectivity index (χ2n) is 11.4. The van der Waals surface area contributed by atoms with E-state index in [1.165, 1.54) is 0 Å². The smallest absolute Gasteiger partial charge is 0.269 e. The average Bonchev–Trinajstić information content (AvgIpc) is 3.07. The molecule has 0 amide bonds. The number of rotatable bonds is 10. The van der Waals surface area contributed by atoms with Crippen molar-refractivity contribution in [2.45, 2.75) is 38.6 Å². The highest BCUT2D eigenvalue weighted by atomic mass is 32.2. The molecule has 0 spiro atoms. The van der Waals surface area contributed by atoms with Crippen LogP contribution in [0, 0.1) is 0 Å². The highest BCUT2D eigenvalue weighted by Gasteiger charge is 2.56. The number of ether oxygens (including phenoxy) is 2. The summed E-state index contributed by atoms with van der Waals surface area (Å²) in [6.45, 7) is 4.61. The molecule has 3 heterocycles. The minimum Gasteiger partial charge on any atom is -0.453 e. The maximum atomic E-state index is 14.1. The molecule has 7 rings (SSSR count). The Labute approximate surface area is 270 Å². The topological polar surface area (TPSA) is 83.9 Å². The van der Waals surface area contributed by atoms with Gasteiger partial charge in [-0.1, -0.05) is 62.4 Å². The Balaban J connectivity index is 1.55. The van der Waals surface area contributed by atoms with E-state index in [0.717, 1.165) is 17.8 Å². The Morgan fingerprint density at radius 3 is 1.76 bits per heavy atom. The summed E-state index contributed by atoms with van der Waals surface area (Å²) in [5, 5.41) is 0. The van der Waals surface area contributed by atoms with Gasteiger partial charge in [-0.25, -0.2) is 4.18 Å². The second kappa shape index (κ2) is 12.2. The van der Waals surface area contributed by atoms with Crippen LogP contribution in [0.2, 0.25) is 0 Å². The van der Waals surface area contributed by atoms with Crippen molar-refractivity contribution in [2.75, 3.05) is 28.6 Å². The molecule has 0 bridgehead atoms. The van der Waals surface area contributed by atoms with Crippen LogP contribution in [0.4, 0.5) is 22.7 Å². The Kier molecular flexibility index (Phi) is 7.92. The molecule has 3 aliphatic heterocycles. The van der Waals surface area contributed by atoms with Crippen LogP contribution in [0.1, 0.15) is 26.7 Å². The fraction of sp³-hybridized carbons (Fsp3) is 0.250. The van der Waals surface area contributed by atoms with E-state index in [2.05, 4.69) is 16.7 Å². The maximum Gasteiger partial charge on any atom is 0.269 e. The average molecular weight is 637 g/mol. The summed E-state index contributed by atoms with van der Waals surface area (Å²) in [6, 6.07) is 30.8. The quantitative estimate of drug-likeness (QED) is 0.162. The van der Waals surface area contributed by atoms with Crippen LogP contribution in [0.5, 0.6) is 23.0 Å². The first-order chi connectivity index (χ1) is 22.4. The maximum absolute atomic E-state index is 14.1. The van der Waals surface area contributed by atoms with Crippen molar-refractivity contribution in [3.8, 4) is 23.0 Å². The minimum atomic E-state index is -4.10. The highest BCUT2D eigenvalue weighted by molar-refractivity contribution is 7.86. The largest absolute Gasteiger partial charge is 0.453 e. The molecule has 236 valence electrons. The summed E-state index contributed by atoms with van der Waals surface area (Å²) in [6.07, 6.45) is 5.98. The predicted molar refractivity (Wildman–Crippen MR) is 181 cm³/mol. The van der Waals surface area contributed by atoms with Crippen LogP contribution in [0.25, 0.3) is 0 Å². The van der Waals surface area contributed by atoms with Crippen molar-refractivity contribution in [3.05, 3.63) is 109 Å². The lowest BCUT2D eigenvalue weighted by atomic mass is 9.99. The van der Waals surface area contributed by atoms with Crippen molar-refractivity contribution in [1.29, 1.82) is 0 Å². The molecule has 3 aliphatic rings. The van der Waals surface area contributed by atoms with Gasteiger partial charge in [0.2, 0.25) is 5.72 Å². The van der Waals surface area contributed by atoms with Crippen LogP contribution < -0.4 is 19.3 Å². The lowest BCUT2D eigenvalue weighted by Crippen LogP contribution is -2.67. The van der Waals surface area contributed by atoms with E-state index in [0.29, 0.717) is 47.3 Å². The van der Waals surface area contributed by atoms with E-state index in [4.69, 9.17) is 18.6 Å². The van der Waals surface area contributed by atoms with Gasteiger partial charge in [0.1, 0.15) is 0 Å². The molecule has 0 saturated carbocycles. The Hall–Kier alpha value is -4.80. The van der Waals surface area contributed by atoms with Gasteiger partial charge in [0, 0.05) is 19.0 Å². The Bertz CT molecular complexity index is 1820. The molecule has 2 atom stereocenters. The van der Waals surface area contributed by atoms with Gasteiger partial charge in [-0.2, -0.15) is 8.42 Å². The normalized spacial score (nSPS) is 17.6. The van der Waals surface area contributed by atoms with Gasteiger partial charge in [-0.05, 0) is 67.4 Å². The van der Waals surface area contributed by atoms with Gasteiger partial charge in [-0.3, -0.25) is 9.89 Å². The molecule has 0 aromatic heterocycles. The number of anilines is 4. The molecular weight excluding hydrogens is 600 g/mol. The lowest BCUT2D eigenvalue weighted by molar-refractivity contribution is 0.00889. The van der Waals surface area contributed by atoms with Crippen LogP contribution in [-0.4, -0.2) is 50.3 Å². The summed E-state index contributed by atoms with van der Waals surface area (Å²) >= 11 is 0. The van der Waals surface area contributed by atoms with E-state index in [9.17, 15) is 8.42 Å². The first-order valence-electron chi connectivity index (χ1n) is 15.6. The number of benzene rings is 4. The number of para-hydroxylation sites is 8. The molecule has 46 heavy (non-hydrogen) atoms. The van der Waals surface area contributed by atoms with Crippen LogP contribution in [-0.2, 0) is 14.3 Å².